The van der Waals surface area contributed by atoms with Crippen molar-refractivity contribution in [2.24, 2.45) is 0 Å². The molecule has 0 aliphatic heterocycles. The Morgan fingerprint density at radius 3 is 2.54 bits per heavy atom. The van der Waals surface area contributed by atoms with Gasteiger partial charge in [0.1, 0.15) is 0 Å². The van der Waals surface area contributed by atoms with Crippen LogP contribution in [0.3, 0.4) is 0 Å². The van der Waals surface area contributed by atoms with Gasteiger partial charge in [0.15, 0.2) is 5.78 Å². The average molecular weight is 353 g/mol. The Bertz CT molecular complexity index is 313. The molecule has 0 N–H and O–H groups in total. The zero-order valence-electron chi connectivity index (χ0n) is 7.47. The van der Waals surface area contributed by atoms with Crippen molar-refractivity contribution in [2.45, 2.75) is 18.7 Å². The minimum atomic E-state index is -0.106. The van der Waals surface area contributed by atoms with Gasteiger partial charge in [0.25, 0.3) is 0 Å². The van der Waals surface area contributed by atoms with Gasteiger partial charge in [-0.2, -0.15) is 0 Å². The summed E-state index contributed by atoms with van der Waals surface area (Å²) in [5, 5.41) is 0. The van der Waals surface area contributed by atoms with Crippen LogP contribution in [0.2, 0.25) is 0 Å². The van der Waals surface area contributed by atoms with Crippen molar-refractivity contribution < 1.29 is 4.79 Å². The molecule has 1 aromatic rings. The lowest BCUT2D eigenvalue weighted by Gasteiger charge is -2.04. The summed E-state index contributed by atoms with van der Waals surface area (Å²) in [6, 6.07) is 5.88. The van der Waals surface area contributed by atoms with Gasteiger partial charge < -0.3 is 0 Å². The van der Waals surface area contributed by atoms with Crippen molar-refractivity contribution in [2.75, 3.05) is 0 Å². The quantitative estimate of drug-likeness (QED) is 0.452. The number of carbonyl (C=O) groups is 1. The van der Waals surface area contributed by atoms with E-state index in [-0.39, 0.29) is 10.6 Å². The van der Waals surface area contributed by atoms with Crippen LogP contribution in [0.1, 0.15) is 22.8 Å². The molecule has 0 radical (unpaired) electrons. The van der Waals surface area contributed by atoms with Crippen LogP contribution >= 0.6 is 38.5 Å². The van der Waals surface area contributed by atoms with Crippen molar-refractivity contribution in [1.29, 1.82) is 0 Å². The van der Waals surface area contributed by atoms with E-state index in [2.05, 4.69) is 44.6 Å². The topological polar surface area (TPSA) is 17.1 Å². The van der Waals surface area contributed by atoms with E-state index < -0.39 is 0 Å². The number of ketones is 1. The maximum absolute atomic E-state index is 11.6. The molecule has 0 saturated carbocycles. The minimum Gasteiger partial charge on any atom is -0.293 e. The van der Waals surface area contributed by atoms with Crippen LogP contribution in [-0.2, 0) is 0 Å². The molecule has 1 aromatic carbocycles. The van der Waals surface area contributed by atoms with Crippen molar-refractivity contribution in [3.63, 3.8) is 0 Å². The summed E-state index contributed by atoms with van der Waals surface area (Å²) in [5.74, 6) is 0.140. The molecule has 1 rings (SSSR count). The maximum atomic E-state index is 11.6. The number of carbonyl (C=O) groups excluding carboxylic acids is 1. The predicted molar refractivity (Wildman–Crippen MR) is 66.6 cm³/mol. The van der Waals surface area contributed by atoms with Gasteiger partial charge in [-0.1, -0.05) is 15.9 Å². The van der Waals surface area contributed by atoms with Gasteiger partial charge >= 0.3 is 0 Å². The van der Waals surface area contributed by atoms with Crippen LogP contribution in [0.15, 0.2) is 18.2 Å². The normalized spacial score (nSPS) is 12.6. The Hall–Kier alpha value is 0.1000. The highest BCUT2D eigenvalue weighted by atomic mass is 127. The van der Waals surface area contributed by atoms with Gasteiger partial charge in [0.05, 0.1) is 4.83 Å². The first-order valence-corrected chi connectivity index (χ1v) is 5.95. The van der Waals surface area contributed by atoms with E-state index in [1.54, 1.807) is 0 Å². The van der Waals surface area contributed by atoms with E-state index >= 15 is 0 Å². The lowest BCUT2D eigenvalue weighted by Crippen LogP contribution is -2.10. The number of Topliss-reactive ketones (excluding diaryl/α,β-unsaturated/α-hetero) is 1. The number of hydrogen-bond donors (Lipinski definition) is 0. The summed E-state index contributed by atoms with van der Waals surface area (Å²) >= 11 is 5.49. The molecule has 0 bridgehead atoms. The minimum absolute atomic E-state index is 0.106. The van der Waals surface area contributed by atoms with E-state index in [1.807, 2.05) is 26.0 Å². The van der Waals surface area contributed by atoms with Gasteiger partial charge in [-0.25, -0.2) is 0 Å². The molecule has 0 saturated heterocycles. The largest absolute Gasteiger partial charge is 0.293 e. The molecule has 1 nitrogen and oxygen atoms in total. The summed E-state index contributed by atoms with van der Waals surface area (Å²) in [4.78, 5) is 11.5. The number of hydrogen-bond acceptors (Lipinski definition) is 1. The van der Waals surface area contributed by atoms with E-state index in [0.29, 0.717) is 0 Å². The average Bonchev–Trinajstić information content (AvgIpc) is 2.01. The third-order valence-electron chi connectivity index (χ3n) is 1.69. The first-order chi connectivity index (χ1) is 6.00. The fourth-order valence-electron chi connectivity index (χ4n) is 1.11. The van der Waals surface area contributed by atoms with Gasteiger partial charge in [0.2, 0.25) is 0 Å². The second kappa shape index (κ2) is 4.55. The molecule has 0 spiro atoms. The molecule has 0 heterocycles. The Morgan fingerprint density at radius 2 is 2.08 bits per heavy atom. The second-order valence-corrected chi connectivity index (χ2v) is 5.62. The second-order valence-electron chi connectivity index (χ2n) is 3.00. The van der Waals surface area contributed by atoms with E-state index in [4.69, 9.17) is 0 Å². The lowest BCUT2D eigenvalue weighted by atomic mass is 10.1. The summed E-state index contributed by atoms with van der Waals surface area (Å²) in [6.07, 6.45) is 0. The maximum Gasteiger partial charge on any atom is 0.176 e. The van der Waals surface area contributed by atoms with Crippen LogP contribution in [0, 0.1) is 10.5 Å². The zero-order chi connectivity index (χ0) is 10.0. The highest BCUT2D eigenvalue weighted by molar-refractivity contribution is 14.1. The molecule has 0 fully saturated rings. The Kier molecular flexibility index (Phi) is 3.91. The number of alkyl halides is 1. The first-order valence-electron chi connectivity index (χ1n) is 3.96. The van der Waals surface area contributed by atoms with Gasteiger partial charge in [-0.15, -0.1) is 0 Å². The highest BCUT2D eigenvalue weighted by Crippen LogP contribution is 2.15. The summed E-state index contributed by atoms with van der Waals surface area (Å²) in [6.45, 7) is 3.84. The van der Waals surface area contributed by atoms with Crippen LogP contribution in [0.4, 0.5) is 0 Å². The Balaban J connectivity index is 3.08. The highest BCUT2D eigenvalue weighted by Gasteiger charge is 2.12. The summed E-state index contributed by atoms with van der Waals surface area (Å²) < 4.78 is 1.11. The molecular formula is C10H10BrIO. The Morgan fingerprint density at radius 1 is 1.46 bits per heavy atom. The fraction of sp³-hybridized carbons (Fsp3) is 0.300. The molecule has 1 unspecified atom stereocenters. The molecule has 1 atom stereocenters. The summed E-state index contributed by atoms with van der Waals surface area (Å²) in [5.41, 5.74) is 1.91. The predicted octanol–water partition coefficient (Wildman–Crippen LogP) is 3.57. The fourth-order valence-corrected chi connectivity index (χ4v) is 2.20. The van der Waals surface area contributed by atoms with Crippen LogP contribution in [-0.4, -0.2) is 10.6 Å². The van der Waals surface area contributed by atoms with E-state index in [0.717, 1.165) is 14.7 Å². The number of aryl methyl sites for hydroxylation is 1. The number of halogens is 2. The lowest BCUT2D eigenvalue weighted by molar-refractivity contribution is 0.0995. The zero-order valence-corrected chi connectivity index (χ0v) is 11.2. The van der Waals surface area contributed by atoms with Crippen LogP contribution < -0.4 is 0 Å². The van der Waals surface area contributed by atoms with Gasteiger partial charge in [-0.05, 0) is 60.2 Å². The molecule has 3 heteroatoms. The molecule has 0 amide bonds. The number of benzene rings is 1. The number of rotatable bonds is 2. The third kappa shape index (κ3) is 3.06. The van der Waals surface area contributed by atoms with Crippen LogP contribution in [0.25, 0.3) is 0 Å². The molecular weight excluding hydrogens is 343 g/mol. The van der Waals surface area contributed by atoms with Crippen molar-refractivity contribution in [1.82, 2.24) is 0 Å². The molecule has 70 valence electrons. The van der Waals surface area contributed by atoms with Crippen molar-refractivity contribution in [3.8, 4) is 0 Å². The van der Waals surface area contributed by atoms with Gasteiger partial charge in [0, 0.05) is 9.13 Å². The Labute approximate surface area is 100 Å². The van der Waals surface area contributed by atoms with Gasteiger partial charge in [-0.3, -0.25) is 4.79 Å². The molecule has 0 aromatic heterocycles. The molecule has 0 aliphatic carbocycles. The van der Waals surface area contributed by atoms with Crippen molar-refractivity contribution in [3.05, 3.63) is 32.9 Å². The van der Waals surface area contributed by atoms with Crippen molar-refractivity contribution >= 4 is 44.3 Å². The first kappa shape index (κ1) is 11.2. The van der Waals surface area contributed by atoms with E-state index in [1.165, 1.54) is 0 Å². The standard InChI is InChI=1S/C10H10BrIO/c1-6-3-8(5-9(12)4-6)10(13)7(2)11/h3-5,7H,1-2H3. The monoisotopic (exact) mass is 352 g/mol. The van der Waals surface area contributed by atoms with Crippen LogP contribution in [0.5, 0.6) is 0 Å². The van der Waals surface area contributed by atoms with E-state index in [9.17, 15) is 4.79 Å². The summed E-state index contributed by atoms with van der Waals surface area (Å²) in [7, 11) is 0. The molecule has 0 aliphatic rings. The SMILES string of the molecule is Cc1cc(I)cc(C(=O)C(C)Br)c1. The third-order valence-corrected chi connectivity index (χ3v) is 2.73. The molecule has 13 heavy (non-hydrogen) atoms. The smallest absolute Gasteiger partial charge is 0.176 e.